The number of nitrogens with one attached hydrogen (secondary N) is 1. The average molecular weight is 271 g/mol. The van der Waals surface area contributed by atoms with E-state index < -0.39 is 10.0 Å². The average Bonchev–Trinajstić information content (AvgIpc) is 2.37. The minimum absolute atomic E-state index is 0.0778. The van der Waals surface area contributed by atoms with E-state index in [1.54, 1.807) is 14.0 Å². The number of benzene rings is 1. The van der Waals surface area contributed by atoms with Crippen LogP contribution in [-0.2, 0) is 16.4 Å². The molecule has 1 aromatic carbocycles. The highest BCUT2D eigenvalue weighted by molar-refractivity contribution is 7.89. The molecular formula is C12H17NO4S. The number of sulfonamides is 1. The molecule has 1 N–H and O–H groups in total. The van der Waals surface area contributed by atoms with Gasteiger partial charge in [0.05, 0.1) is 18.9 Å². The molecule has 5 nitrogen and oxygen atoms in total. The molecule has 1 aliphatic rings. The quantitative estimate of drug-likeness (QED) is 0.885. The Morgan fingerprint density at radius 2 is 2.28 bits per heavy atom. The highest BCUT2D eigenvalue weighted by Crippen LogP contribution is 2.28. The van der Waals surface area contributed by atoms with Crippen LogP contribution < -0.4 is 14.2 Å². The fourth-order valence-corrected chi connectivity index (χ4v) is 2.74. The van der Waals surface area contributed by atoms with Gasteiger partial charge >= 0.3 is 0 Å². The molecule has 0 radical (unpaired) electrons. The monoisotopic (exact) mass is 271 g/mol. The number of methoxy groups -OCH3 is 1. The molecule has 1 aliphatic heterocycles. The maximum atomic E-state index is 11.5. The summed E-state index contributed by atoms with van der Waals surface area (Å²) in [6.45, 7) is 1.97. The van der Waals surface area contributed by atoms with Gasteiger partial charge < -0.3 is 9.47 Å². The van der Waals surface area contributed by atoms with Gasteiger partial charge in [-0.2, -0.15) is 0 Å². The Labute approximate surface area is 107 Å². The minimum atomic E-state index is -3.20. The van der Waals surface area contributed by atoms with E-state index in [9.17, 15) is 8.42 Å². The highest BCUT2D eigenvalue weighted by Gasteiger charge is 2.23. The summed E-state index contributed by atoms with van der Waals surface area (Å²) in [5, 5.41) is 0. The molecule has 6 heteroatoms. The molecule has 1 atom stereocenters. The van der Waals surface area contributed by atoms with E-state index in [0.717, 1.165) is 17.1 Å². The summed E-state index contributed by atoms with van der Waals surface area (Å²) < 4.78 is 36.3. The van der Waals surface area contributed by atoms with E-state index >= 15 is 0 Å². The summed E-state index contributed by atoms with van der Waals surface area (Å²) >= 11 is 0. The molecule has 0 fully saturated rings. The Morgan fingerprint density at radius 3 is 2.94 bits per heavy atom. The van der Waals surface area contributed by atoms with Crippen LogP contribution in [0.4, 0.5) is 0 Å². The number of fused-ring (bicyclic) bond motifs is 1. The van der Waals surface area contributed by atoms with Crippen LogP contribution in [0.15, 0.2) is 18.2 Å². The summed E-state index contributed by atoms with van der Waals surface area (Å²) in [4.78, 5) is 0. The first kappa shape index (κ1) is 13.2. The second-order valence-corrected chi connectivity index (χ2v) is 6.25. The van der Waals surface area contributed by atoms with Crippen molar-refractivity contribution in [1.82, 2.24) is 4.72 Å². The summed E-state index contributed by atoms with van der Waals surface area (Å²) in [5.74, 6) is 1.62. The van der Waals surface area contributed by atoms with E-state index in [2.05, 4.69) is 4.72 Å². The van der Waals surface area contributed by atoms with Gasteiger partial charge in [-0.25, -0.2) is 13.1 Å². The maximum absolute atomic E-state index is 11.5. The molecule has 0 saturated carbocycles. The molecule has 1 heterocycles. The van der Waals surface area contributed by atoms with Crippen molar-refractivity contribution in [2.24, 2.45) is 0 Å². The minimum Gasteiger partial charge on any atom is -0.497 e. The van der Waals surface area contributed by atoms with Crippen LogP contribution in [0.2, 0.25) is 0 Å². The molecule has 100 valence electrons. The third-order valence-electron chi connectivity index (χ3n) is 2.90. The fraction of sp³-hybridized carbons (Fsp3) is 0.500. The second kappa shape index (κ2) is 5.16. The molecule has 18 heavy (non-hydrogen) atoms. The van der Waals surface area contributed by atoms with Crippen LogP contribution in [0.5, 0.6) is 11.5 Å². The van der Waals surface area contributed by atoms with E-state index in [0.29, 0.717) is 13.0 Å². The lowest BCUT2D eigenvalue weighted by atomic mass is 10.0. The van der Waals surface area contributed by atoms with Gasteiger partial charge in [0.2, 0.25) is 10.0 Å². The summed E-state index contributed by atoms with van der Waals surface area (Å²) in [6.07, 6.45) is 0.617. The summed E-state index contributed by atoms with van der Waals surface area (Å²) in [6, 6.07) is 5.34. The van der Waals surface area contributed by atoms with Crippen LogP contribution >= 0.6 is 0 Å². The van der Waals surface area contributed by atoms with Crippen molar-refractivity contribution in [2.45, 2.75) is 19.4 Å². The zero-order valence-corrected chi connectivity index (χ0v) is 11.3. The first-order chi connectivity index (χ1) is 8.54. The zero-order chi connectivity index (χ0) is 13.2. The van der Waals surface area contributed by atoms with Gasteiger partial charge in [-0.05, 0) is 37.1 Å². The topological polar surface area (TPSA) is 64.6 Å². The molecule has 0 spiro atoms. The van der Waals surface area contributed by atoms with Gasteiger partial charge in [-0.3, -0.25) is 0 Å². The van der Waals surface area contributed by atoms with E-state index in [1.807, 2.05) is 18.2 Å². The maximum Gasteiger partial charge on any atom is 0.211 e. The SMILES string of the molecule is CCS(=O)(=O)NC1COc2ccc(OC)cc2C1. The third-order valence-corrected chi connectivity index (χ3v) is 4.35. The molecule has 0 aromatic heterocycles. The van der Waals surface area contributed by atoms with Gasteiger partial charge in [0.1, 0.15) is 18.1 Å². The second-order valence-electron chi connectivity index (χ2n) is 4.21. The molecule has 1 aromatic rings. The van der Waals surface area contributed by atoms with Gasteiger partial charge in [-0.15, -0.1) is 0 Å². The van der Waals surface area contributed by atoms with Crippen LogP contribution in [0.1, 0.15) is 12.5 Å². The number of hydrogen-bond acceptors (Lipinski definition) is 4. The van der Waals surface area contributed by atoms with E-state index in [4.69, 9.17) is 9.47 Å². The van der Waals surface area contributed by atoms with Crippen LogP contribution in [0.25, 0.3) is 0 Å². The van der Waals surface area contributed by atoms with Crippen LogP contribution in [0, 0.1) is 0 Å². The normalized spacial score (nSPS) is 18.9. The van der Waals surface area contributed by atoms with Crippen molar-refractivity contribution in [2.75, 3.05) is 19.5 Å². The van der Waals surface area contributed by atoms with Crippen molar-refractivity contribution in [3.63, 3.8) is 0 Å². The number of rotatable bonds is 4. The van der Waals surface area contributed by atoms with Crippen molar-refractivity contribution < 1.29 is 17.9 Å². The first-order valence-electron chi connectivity index (χ1n) is 5.84. The Balaban J connectivity index is 2.14. The molecule has 1 unspecified atom stereocenters. The van der Waals surface area contributed by atoms with E-state index in [1.165, 1.54) is 0 Å². The lowest BCUT2D eigenvalue weighted by molar-refractivity contribution is 0.253. The lowest BCUT2D eigenvalue weighted by Gasteiger charge is -2.26. The Hall–Kier alpha value is -1.27. The molecule has 0 aliphatic carbocycles. The van der Waals surface area contributed by atoms with Crippen molar-refractivity contribution in [1.29, 1.82) is 0 Å². The van der Waals surface area contributed by atoms with Crippen molar-refractivity contribution in [3.8, 4) is 11.5 Å². The number of hydrogen-bond donors (Lipinski definition) is 1. The van der Waals surface area contributed by atoms with E-state index in [-0.39, 0.29) is 11.8 Å². The first-order valence-corrected chi connectivity index (χ1v) is 7.49. The summed E-state index contributed by atoms with van der Waals surface area (Å²) in [5.41, 5.74) is 0.962. The zero-order valence-electron chi connectivity index (χ0n) is 10.5. The molecule has 0 amide bonds. The third kappa shape index (κ3) is 2.94. The Kier molecular flexibility index (Phi) is 3.77. The molecular weight excluding hydrogens is 254 g/mol. The smallest absolute Gasteiger partial charge is 0.211 e. The number of ether oxygens (including phenoxy) is 2. The van der Waals surface area contributed by atoms with Gasteiger partial charge in [0.25, 0.3) is 0 Å². The predicted octanol–water partition coefficient (Wildman–Crippen LogP) is 0.938. The predicted molar refractivity (Wildman–Crippen MR) is 68.6 cm³/mol. The lowest BCUT2D eigenvalue weighted by Crippen LogP contribution is -2.43. The van der Waals surface area contributed by atoms with Gasteiger partial charge in [0, 0.05) is 0 Å². The van der Waals surface area contributed by atoms with Gasteiger partial charge in [-0.1, -0.05) is 0 Å². The molecule has 0 bridgehead atoms. The highest BCUT2D eigenvalue weighted by atomic mass is 32.2. The molecule has 0 saturated heterocycles. The Bertz CT molecular complexity index is 527. The molecule has 2 rings (SSSR count). The standard InChI is InChI=1S/C12H17NO4S/c1-3-18(14,15)13-10-6-9-7-11(16-2)4-5-12(9)17-8-10/h4-5,7,10,13H,3,6,8H2,1-2H3. The van der Waals surface area contributed by atoms with Crippen molar-refractivity contribution >= 4 is 10.0 Å². The fourth-order valence-electron chi connectivity index (χ4n) is 1.91. The Morgan fingerprint density at radius 1 is 1.50 bits per heavy atom. The van der Waals surface area contributed by atoms with Gasteiger partial charge in [0.15, 0.2) is 0 Å². The van der Waals surface area contributed by atoms with Crippen LogP contribution in [0.3, 0.4) is 0 Å². The van der Waals surface area contributed by atoms with Crippen LogP contribution in [-0.4, -0.2) is 33.9 Å². The summed E-state index contributed by atoms with van der Waals surface area (Å²) in [7, 11) is -1.60. The van der Waals surface area contributed by atoms with Crippen molar-refractivity contribution in [3.05, 3.63) is 23.8 Å². The largest absolute Gasteiger partial charge is 0.497 e.